The van der Waals surface area contributed by atoms with Gasteiger partial charge in [-0.15, -0.1) is 11.3 Å². The Kier molecular flexibility index (Phi) is 3.86. The second-order valence-corrected chi connectivity index (χ2v) is 5.12. The molecule has 17 heavy (non-hydrogen) atoms. The average Bonchev–Trinajstić information content (AvgIpc) is 2.80. The average molecular weight is 250 g/mol. The Balaban J connectivity index is 2.08. The summed E-state index contributed by atoms with van der Waals surface area (Å²) < 4.78 is 12.8. The van der Waals surface area contributed by atoms with Crippen molar-refractivity contribution in [3.63, 3.8) is 0 Å². The van der Waals surface area contributed by atoms with Crippen LogP contribution in [0.3, 0.4) is 0 Å². The lowest BCUT2D eigenvalue weighted by Gasteiger charge is -2.04. The predicted octanol–water partition coefficient (Wildman–Crippen LogP) is 3.15. The van der Waals surface area contributed by atoms with Gasteiger partial charge in [-0.1, -0.05) is 12.1 Å². The van der Waals surface area contributed by atoms with Crippen molar-refractivity contribution in [1.82, 2.24) is 10.3 Å². The van der Waals surface area contributed by atoms with Crippen LogP contribution in [0.1, 0.15) is 28.4 Å². The smallest absolute Gasteiger partial charge is 0.123 e. The number of halogens is 1. The molecule has 1 N–H and O–H groups in total. The Hall–Kier alpha value is -1.26. The van der Waals surface area contributed by atoms with Gasteiger partial charge in [0.05, 0.1) is 5.01 Å². The Morgan fingerprint density at radius 3 is 2.71 bits per heavy atom. The molecule has 1 atom stereocenters. The highest BCUT2D eigenvalue weighted by molar-refractivity contribution is 7.11. The molecule has 1 aromatic heterocycles. The summed E-state index contributed by atoms with van der Waals surface area (Å²) in [5, 5.41) is 4.25. The molecule has 0 amide bonds. The van der Waals surface area contributed by atoms with Crippen LogP contribution in [0.2, 0.25) is 0 Å². The largest absolute Gasteiger partial charge is 0.312 e. The van der Waals surface area contributed by atoms with Crippen molar-refractivity contribution in [2.24, 2.45) is 0 Å². The van der Waals surface area contributed by atoms with E-state index in [1.54, 1.807) is 23.5 Å². The lowest BCUT2D eigenvalue weighted by molar-refractivity contribution is 0.627. The summed E-state index contributed by atoms with van der Waals surface area (Å²) in [7, 11) is 1.93. The van der Waals surface area contributed by atoms with Gasteiger partial charge < -0.3 is 5.32 Å². The zero-order valence-electron chi connectivity index (χ0n) is 9.90. The predicted molar refractivity (Wildman–Crippen MR) is 68.8 cm³/mol. The standard InChI is InChI=1S/C13H15FN2S/c1-9(15-2)12-8-16-13(17-12)7-10-3-5-11(14)6-4-10/h3-6,8-9,15H,7H2,1-2H3. The highest BCUT2D eigenvalue weighted by Gasteiger charge is 2.08. The highest BCUT2D eigenvalue weighted by atomic mass is 32.1. The van der Waals surface area contributed by atoms with Crippen molar-refractivity contribution < 1.29 is 4.39 Å². The third-order valence-corrected chi connectivity index (χ3v) is 3.88. The molecule has 2 nitrogen and oxygen atoms in total. The van der Waals surface area contributed by atoms with Gasteiger partial charge in [-0.25, -0.2) is 9.37 Å². The van der Waals surface area contributed by atoms with Gasteiger partial charge in [0.2, 0.25) is 0 Å². The van der Waals surface area contributed by atoms with E-state index in [1.807, 2.05) is 13.2 Å². The normalized spacial score (nSPS) is 12.6. The van der Waals surface area contributed by atoms with Crippen molar-refractivity contribution >= 4 is 11.3 Å². The van der Waals surface area contributed by atoms with Crippen molar-refractivity contribution in [1.29, 1.82) is 0 Å². The Morgan fingerprint density at radius 2 is 2.06 bits per heavy atom. The van der Waals surface area contributed by atoms with Gasteiger partial charge in [0.15, 0.2) is 0 Å². The quantitative estimate of drug-likeness (QED) is 0.901. The minimum atomic E-state index is -0.197. The van der Waals surface area contributed by atoms with Crippen LogP contribution in [0.4, 0.5) is 4.39 Å². The SMILES string of the molecule is CNC(C)c1cnc(Cc2ccc(F)cc2)s1. The number of thiazole rings is 1. The third-order valence-electron chi connectivity index (χ3n) is 2.70. The molecule has 90 valence electrons. The molecule has 0 saturated heterocycles. The lowest BCUT2D eigenvalue weighted by atomic mass is 10.2. The lowest BCUT2D eigenvalue weighted by Crippen LogP contribution is -2.10. The molecule has 2 rings (SSSR count). The summed E-state index contributed by atoms with van der Waals surface area (Å²) in [4.78, 5) is 5.61. The molecule has 1 unspecified atom stereocenters. The van der Waals surface area contributed by atoms with Crippen molar-refractivity contribution in [3.05, 3.63) is 51.7 Å². The molecule has 0 spiro atoms. The van der Waals surface area contributed by atoms with Crippen molar-refractivity contribution in [2.45, 2.75) is 19.4 Å². The van der Waals surface area contributed by atoms with Gasteiger partial charge in [-0.3, -0.25) is 0 Å². The summed E-state index contributed by atoms with van der Waals surface area (Å²) in [6.45, 7) is 2.11. The fourth-order valence-electron chi connectivity index (χ4n) is 1.53. The van der Waals surface area contributed by atoms with E-state index in [0.717, 1.165) is 17.0 Å². The van der Waals surface area contributed by atoms with E-state index < -0.39 is 0 Å². The van der Waals surface area contributed by atoms with Crippen LogP contribution in [0.25, 0.3) is 0 Å². The Morgan fingerprint density at radius 1 is 1.35 bits per heavy atom. The van der Waals surface area contributed by atoms with Crippen LogP contribution < -0.4 is 5.32 Å². The number of nitrogens with zero attached hydrogens (tertiary/aromatic N) is 1. The Labute approximate surface area is 105 Å². The van der Waals surface area contributed by atoms with Gasteiger partial charge in [0.25, 0.3) is 0 Å². The third kappa shape index (κ3) is 3.11. The topological polar surface area (TPSA) is 24.9 Å². The molecular weight excluding hydrogens is 235 g/mol. The zero-order chi connectivity index (χ0) is 12.3. The molecule has 0 saturated carbocycles. The van der Waals surface area contributed by atoms with Crippen molar-refractivity contribution in [3.8, 4) is 0 Å². The van der Waals surface area contributed by atoms with Gasteiger partial charge in [0, 0.05) is 23.5 Å². The van der Waals surface area contributed by atoms with E-state index in [9.17, 15) is 4.39 Å². The number of aromatic nitrogens is 1. The minimum Gasteiger partial charge on any atom is -0.312 e. The summed E-state index contributed by atoms with van der Waals surface area (Å²) >= 11 is 1.70. The summed E-state index contributed by atoms with van der Waals surface area (Å²) in [5.74, 6) is -0.197. The van der Waals surface area contributed by atoms with E-state index in [1.165, 1.54) is 17.0 Å². The number of hydrogen-bond acceptors (Lipinski definition) is 3. The first kappa shape index (κ1) is 12.2. The molecule has 1 aromatic carbocycles. The molecule has 0 bridgehead atoms. The maximum atomic E-state index is 12.8. The fourth-order valence-corrected chi connectivity index (χ4v) is 2.54. The van der Waals surface area contributed by atoms with E-state index in [0.29, 0.717) is 6.04 Å². The molecule has 0 aliphatic rings. The van der Waals surface area contributed by atoms with Crippen LogP contribution in [0.15, 0.2) is 30.5 Å². The maximum absolute atomic E-state index is 12.8. The number of rotatable bonds is 4. The number of hydrogen-bond donors (Lipinski definition) is 1. The van der Waals surface area contributed by atoms with Gasteiger partial charge >= 0.3 is 0 Å². The first-order chi connectivity index (χ1) is 8.19. The second-order valence-electron chi connectivity index (χ2n) is 3.97. The van der Waals surface area contributed by atoms with Gasteiger partial charge in [-0.2, -0.15) is 0 Å². The van der Waals surface area contributed by atoms with E-state index >= 15 is 0 Å². The van der Waals surface area contributed by atoms with E-state index in [2.05, 4.69) is 17.2 Å². The molecular formula is C13H15FN2S. The molecule has 0 aliphatic carbocycles. The van der Waals surface area contributed by atoms with Gasteiger partial charge in [0.1, 0.15) is 5.82 Å². The zero-order valence-corrected chi connectivity index (χ0v) is 10.7. The van der Waals surface area contributed by atoms with Crippen LogP contribution in [0, 0.1) is 5.82 Å². The monoisotopic (exact) mass is 250 g/mol. The van der Waals surface area contributed by atoms with Crippen LogP contribution in [-0.2, 0) is 6.42 Å². The van der Waals surface area contributed by atoms with Gasteiger partial charge in [-0.05, 0) is 31.7 Å². The summed E-state index contributed by atoms with van der Waals surface area (Å²) in [6, 6.07) is 6.91. The number of benzene rings is 1. The summed E-state index contributed by atoms with van der Waals surface area (Å²) in [5.41, 5.74) is 1.09. The van der Waals surface area contributed by atoms with Crippen LogP contribution >= 0.6 is 11.3 Å². The van der Waals surface area contributed by atoms with Crippen molar-refractivity contribution in [2.75, 3.05) is 7.05 Å². The first-order valence-electron chi connectivity index (χ1n) is 5.55. The second kappa shape index (κ2) is 5.38. The molecule has 4 heteroatoms. The molecule has 0 fully saturated rings. The molecule has 0 radical (unpaired) electrons. The Bertz CT molecular complexity index is 478. The van der Waals surface area contributed by atoms with E-state index in [4.69, 9.17) is 0 Å². The fraction of sp³-hybridized carbons (Fsp3) is 0.308. The summed E-state index contributed by atoms with van der Waals surface area (Å²) in [6.07, 6.45) is 2.67. The first-order valence-corrected chi connectivity index (χ1v) is 6.37. The minimum absolute atomic E-state index is 0.197. The van der Waals surface area contributed by atoms with E-state index in [-0.39, 0.29) is 5.82 Å². The van der Waals surface area contributed by atoms with Crippen LogP contribution in [0.5, 0.6) is 0 Å². The molecule has 2 aromatic rings. The number of nitrogens with one attached hydrogen (secondary N) is 1. The van der Waals surface area contributed by atoms with Crippen LogP contribution in [-0.4, -0.2) is 12.0 Å². The molecule has 1 heterocycles. The molecule has 0 aliphatic heterocycles. The highest BCUT2D eigenvalue weighted by Crippen LogP contribution is 2.22. The maximum Gasteiger partial charge on any atom is 0.123 e.